The third kappa shape index (κ3) is 4.81. The van der Waals surface area contributed by atoms with Crippen molar-refractivity contribution in [3.05, 3.63) is 86.8 Å². The minimum atomic E-state index is -3.80. The third-order valence-electron chi connectivity index (χ3n) is 3.92. The van der Waals surface area contributed by atoms with Gasteiger partial charge < -0.3 is 5.11 Å². The van der Waals surface area contributed by atoms with Crippen LogP contribution in [0.25, 0.3) is 0 Å². The number of halogens is 2. The Bertz CT molecular complexity index is 1110. The van der Waals surface area contributed by atoms with Crippen LogP contribution in [0.1, 0.15) is 11.1 Å². The second-order valence-electron chi connectivity index (χ2n) is 6.07. The number of nitrogens with one attached hydrogen (secondary N) is 2. The number of phenols is 1. The number of hydrogen-bond acceptors (Lipinski definition) is 3. The summed E-state index contributed by atoms with van der Waals surface area (Å²) in [5.41, 5.74) is 2.23. The monoisotopic (exact) mass is 523 g/mol. The van der Waals surface area contributed by atoms with Crippen LogP contribution in [0.15, 0.2) is 80.6 Å². The van der Waals surface area contributed by atoms with Crippen LogP contribution in [0, 0.1) is 6.92 Å². The molecule has 0 spiro atoms. The topological polar surface area (TPSA) is 80.4 Å². The van der Waals surface area contributed by atoms with Crippen LogP contribution in [0.5, 0.6) is 5.75 Å². The zero-order valence-corrected chi connectivity index (χ0v) is 18.8. The molecule has 0 aliphatic rings. The van der Waals surface area contributed by atoms with Crippen LogP contribution >= 0.6 is 31.9 Å². The van der Waals surface area contributed by atoms with Crippen molar-refractivity contribution in [2.24, 2.45) is 0 Å². The molecule has 0 atom stereocenters. The van der Waals surface area contributed by atoms with Crippen molar-refractivity contribution in [2.75, 3.05) is 5.32 Å². The molecular weight excluding hydrogens is 508 g/mol. The summed E-state index contributed by atoms with van der Waals surface area (Å²) in [7, 11) is -3.80. The largest absolute Gasteiger partial charge is 0.506 e. The Balaban J connectivity index is 2.07. The second-order valence-corrected chi connectivity index (χ2v) is 9.46. The van der Waals surface area contributed by atoms with E-state index < -0.39 is 10.0 Å². The van der Waals surface area contributed by atoms with Crippen LogP contribution in [0.3, 0.4) is 0 Å². The van der Waals surface area contributed by atoms with Crippen LogP contribution in [0.4, 0.5) is 5.69 Å². The van der Waals surface area contributed by atoms with Crippen LogP contribution in [0.2, 0.25) is 0 Å². The van der Waals surface area contributed by atoms with Crippen molar-refractivity contribution in [3.63, 3.8) is 0 Å². The molecule has 0 fully saturated rings. The Morgan fingerprint density at radius 3 is 2.11 bits per heavy atom. The Labute approximate surface area is 180 Å². The first-order valence-electron chi connectivity index (χ1n) is 8.23. The summed E-state index contributed by atoms with van der Waals surface area (Å²) in [5, 5.41) is 13.0. The molecule has 0 aliphatic carbocycles. The van der Waals surface area contributed by atoms with E-state index in [-0.39, 0.29) is 10.6 Å². The molecule has 5 nitrogen and oxygen atoms in total. The van der Waals surface area contributed by atoms with E-state index in [2.05, 4.69) is 41.6 Å². The van der Waals surface area contributed by atoms with Gasteiger partial charge in [0.05, 0.1) is 14.5 Å². The number of amidine groups is 1. The number of aryl methyl sites for hydroxylation is 1. The van der Waals surface area contributed by atoms with Crippen molar-refractivity contribution in [1.29, 1.82) is 0 Å². The molecule has 0 saturated heterocycles. The minimum Gasteiger partial charge on any atom is -0.506 e. The van der Waals surface area contributed by atoms with Gasteiger partial charge in [0.1, 0.15) is 16.3 Å². The maximum absolute atomic E-state index is 12.9. The van der Waals surface area contributed by atoms with Gasteiger partial charge in [-0.05, 0) is 63.0 Å². The van der Waals surface area contributed by atoms with Gasteiger partial charge in [0.2, 0.25) is 0 Å². The molecule has 0 aliphatic heterocycles. The predicted molar refractivity (Wildman–Crippen MR) is 117 cm³/mol. The highest BCUT2D eigenvalue weighted by Gasteiger charge is 2.21. The zero-order valence-electron chi connectivity index (χ0n) is 14.8. The first-order valence-corrected chi connectivity index (χ1v) is 11.3. The van der Waals surface area contributed by atoms with Gasteiger partial charge in [-0.1, -0.05) is 35.9 Å². The lowest BCUT2D eigenvalue weighted by Gasteiger charge is -2.07. The summed E-state index contributed by atoms with van der Waals surface area (Å²) in [6.45, 7) is 1.90. The Morgan fingerprint density at radius 1 is 0.964 bits per heavy atom. The Morgan fingerprint density at radius 2 is 1.54 bits per heavy atom. The molecule has 3 rings (SSSR count). The maximum atomic E-state index is 12.9. The molecule has 0 bridgehead atoms. The number of sulfonamides is 1. The van der Waals surface area contributed by atoms with Crippen molar-refractivity contribution >= 4 is 53.4 Å². The van der Waals surface area contributed by atoms with Gasteiger partial charge in [-0.15, -0.1) is 0 Å². The lowest BCUT2D eigenvalue weighted by atomic mass is 10.2. The first kappa shape index (κ1) is 20.6. The smallest absolute Gasteiger partial charge is 0.328 e. The van der Waals surface area contributed by atoms with E-state index in [9.17, 15) is 13.5 Å². The maximum Gasteiger partial charge on any atom is 0.328 e. The van der Waals surface area contributed by atoms with Gasteiger partial charge in [0.25, 0.3) is 5.84 Å². The van der Waals surface area contributed by atoms with Crippen molar-refractivity contribution in [2.45, 2.75) is 11.8 Å². The van der Waals surface area contributed by atoms with Crippen LogP contribution in [-0.4, -0.2) is 19.4 Å². The van der Waals surface area contributed by atoms with Crippen LogP contribution in [-0.2, 0) is 10.0 Å². The summed E-state index contributed by atoms with van der Waals surface area (Å²) in [4.78, 5) is 0.168. The molecule has 3 aromatic rings. The zero-order chi connectivity index (χ0) is 20.3. The quantitative estimate of drug-likeness (QED) is 0.277. The van der Waals surface area contributed by atoms with Gasteiger partial charge in [0.15, 0.2) is 0 Å². The molecule has 3 aromatic carbocycles. The SMILES string of the molecule is Cc1ccc(S(=O)(=O)[NH+]=C(Nc2cc(Br)c(O)c(Br)c2)c2ccccc2)cc1. The summed E-state index contributed by atoms with van der Waals surface area (Å²) >= 11 is 6.56. The van der Waals surface area contributed by atoms with Gasteiger partial charge >= 0.3 is 10.0 Å². The molecule has 0 unspecified atom stereocenters. The molecule has 0 radical (unpaired) electrons. The van der Waals surface area contributed by atoms with E-state index in [0.29, 0.717) is 26.0 Å². The summed E-state index contributed by atoms with van der Waals surface area (Å²) in [6.07, 6.45) is 0. The van der Waals surface area contributed by atoms with E-state index in [4.69, 9.17) is 0 Å². The lowest BCUT2D eigenvalue weighted by molar-refractivity contribution is -0.266. The van der Waals surface area contributed by atoms with Crippen LogP contribution < -0.4 is 9.71 Å². The van der Waals surface area contributed by atoms with E-state index in [1.54, 1.807) is 48.5 Å². The minimum absolute atomic E-state index is 0.0621. The van der Waals surface area contributed by atoms with Gasteiger partial charge in [-0.2, -0.15) is 12.8 Å². The van der Waals surface area contributed by atoms with Crippen molar-refractivity contribution < 1.29 is 17.9 Å². The lowest BCUT2D eigenvalue weighted by Crippen LogP contribution is -2.78. The van der Waals surface area contributed by atoms with E-state index in [0.717, 1.165) is 5.56 Å². The third-order valence-corrected chi connectivity index (χ3v) is 6.49. The standard InChI is InChI=1S/C20H16Br2N2O3S/c1-13-7-9-16(10-8-13)28(26,27)24-20(14-5-3-2-4-6-14)23-15-11-17(21)19(25)18(22)12-15/h2-12,25H,1H3,(H,23,24)/p+1. The number of anilines is 1. The van der Waals surface area contributed by atoms with Crippen molar-refractivity contribution in [1.82, 2.24) is 0 Å². The molecule has 144 valence electrons. The first-order chi connectivity index (χ1) is 13.3. The number of rotatable bonds is 4. The highest BCUT2D eigenvalue weighted by molar-refractivity contribution is 9.11. The molecule has 8 heteroatoms. The highest BCUT2D eigenvalue weighted by Crippen LogP contribution is 2.35. The molecule has 3 N–H and O–H groups in total. The van der Waals surface area contributed by atoms with E-state index >= 15 is 0 Å². The average molecular weight is 525 g/mol. The molecule has 0 aromatic heterocycles. The predicted octanol–water partition coefficient (Wildman–Crippen LogP) is 3.55. The fourth-order valence-electron chi connectivity index (χ4n) is 2.45. The Kier molecular flexibility index (Phi) is 6.22. The van der Waals surface area contributed by atoms with Gasteiger partial charge in [-0.25, -0.2) is 5.32 Å². The summed E-state index contributed by atoms with van der Waals surface area (Å²) in [6, 6.07) is 19.0. The Hall–Kier alpha value is -2.16. The molecule has 0 amide bonds. The fraction of sp³-hybridized carbons (Fsp3) is 0.0500. The summed E-state index contributed by atoms with van der Waals surface area (Å²) < 4.78 is 29.3. The number of phenolic OH excluding ortho intramolecular Hbond substituents is 1. The highest BCUT2D eigenvalue weighted by atomic mass is 79.9. The molecule has 0 saturated carbocycles. The fourth-order valence-corrected chi connectivity index (χ4v) is 4.69. The number of hydrogen-bond donors (Lipinski definition) is 3. The summed E-state index contributed by atoms with van der Waals surface area (Å²) in [5.74, 6) is 0.359. The number of benzene rings is 3. The van der Waals surface area contributed by atoms with E-state index in [1.165, 1.54) is 0 Å². The van der Waals surface area contributed by atoms with E-state index in [1.807, 2.05) is 25.1 Å². The van der Waals surface area contributed by atoms with Gasteiger partial charge in [-0.3, -0.25) is 0 Å². The molecule has 28 heavy (non-hydrogen) atoms. The number of aromatic hydroxyl groups is 1. The van der Waals surface area contributed by atoms with Crippen molar-refractivity contribution in [3.8, 4) is 5.75 Å². The van der Waals surface area contributed by atoms with Gasteiger partial charge in [0, 0.05) is 12.1 Å². The molecule has 0 heterocycles. The average Bonchev–Trinajstić information content (AvgIpc) is 2.66. The normalized spacial score (nSPS) is 12.0. The molecular formula is C20H17Br2N2O3S+. The second kappa shape index (κ2) is 8.46.